The molecule has 0 spiro atoms. The first kappa shape index (κ1) is 15.0. The van der Waals surface area contributed by atoms with Gasteiger partial charge in [-0.25, -0.2) is 0 Å². The number of rotatable bonds is 4. The van der Waals surface area contributed by atoms with Gasteiger partial charge in [0.25, 0.3) is 5.91 Å². The molecule has 3 rings (SSSR count). The maximum Gasteiger partial charge on any atom is 0.251 e. The Labute approximate surface area is 129 Å². The molecule has 2 aliphatic heterocycles. The van der Waals surface area contributed by atoms with Gasteiger partial charge in [-0.15, -0.1) is 0 Å². The molecular formula is C16H21N3O3. The van der Waals surface area contributed by atoms with E-state index in [9.17, 15) is 9.59 Å². The molecule has 0 atom stereocenters. The molecule has 0 bridgehead atoms. The summed E-state index contributed by atoms with van der Waals surface area (Å²) in [6, 6.07) is 5.75. The van der Waals surface area contributed by atoms with Crippen LogP contribution in [0.25, 0.3) is 0 Å². The predicted molar refractivity (Wildman–Crippen MR) is 81.3 cm³/mol. The zero-order chi connectivity index (χ0) is 15.4. The lowest BCUT2D eigenvalue weighted by Crippen LogP contribution is -2.42. The van der Waals surface area contributed by atoms with Crippen LogP contribution in [-0.2, 0) is 22.6 Å². The summed E-state index contributed by atoms with van der Waals surface area (Å²) in [5.41, 5.74) is 3.08. The van der Waals surface area contributed by atoms with E-state index in [1.54, 1.807) is 4.90 Å². The fourth-order valence-electron chi connectivity index (χ4n) is 2.79. The van der Waals surface area contributed by atoms with E-state index < -0.39 is 0 Å². The molecule has 0 aliphatic carbocycles. The molecule has 0 saturated carbocycles. The molecule has 2 N–H and O–H groups in total. The van der Waals surface area contributed by atoms with Gasteiger partial charge < -0.3 is 20.3 Å². The van der Waals surface area contributed by atoms with Crippen LogP contribution < -0.4 is 10.6 Å². The van der Waals surface area contributed by atoms with Gasteiger partial charge >= 0.3 is 0 Å². The molecule has 118 valence electrons. The Kier molecular flexibility index (Phi) is 4.70. The second kappa shape index (κ2) is 6.89. The van der Waals surface area contributed by atoms with Crippen LogP contribution in [0, 0.1) is 0 Å². The summed E-state index contributed by atoms with van der Waals surface area (Å²) in [6.45, 7) is 4.53. The van der Waals surface area contributed by atoms with E-state index in [2.05, 4.69) is 10.6 Å². The van der Waals surface area contributed by atoms with Gasteiger partial charge in [0.05, 0.1) is 13.2 Å². The Balaban J connectivity index is 1.47. The Bertz CT molecular complexity index is 568. The van der Waals surface area contributed by atoms with E-state index in [0.717, 1.165) is 13.1 Å². The Morgan fingerprint density at radius 2 is 1.95 bits per heavy atom. The third-order valence-corrected chi connectivity index (χ3v) is 4.09. The number of carbonyl (C=O) groups is 2. The van der Waals surface area contributed by atoms with Gasteiger partial charge in [0.1, 0.15) is 0 Å². The van der Waals surface area contributed by atoms with Crippen LogP contribution in [0.2, 0.25) is 0 Å². The van der Waals surface area contributed by atoms with Crippen molar-refractivity contribution in [3.05, 3.63) is 34.9 Å². The van der Waals surface area contributed by atoms with Crippen LogP contribution in [0.1, 0.15) is 27.9 Å². The zero-order valence-corrected chi connectivity index (χ0v) is 12.6. The highest BCUT2D eigenvalue weighted by molar-refractivity contribution is 5.94. The minimum atomic E-state index is -0.121. The van der Waals surface area contributed by atoms with Crippen molar-refractivity contribution < 1.29 is 14.3 Å². The van der Waals surface area contributed by atoms with E-state index in [1.807, 2.05) is 18.2 Å². The maximum atomic E-state index is 12.1. The average Bonchev–Trinajstić information content (AvgIpc) is 3.03. The number of carbonyl (C=O) groups excluding carboxylic acids is 2. The molecule has 1 fully saturated rings. The molecule has 0 radical (unpaired) electrons. The molecule has 0 unspecified atom stereocenters. The summed E-state index contributed by atoms with van der Waals surface area (Å²) in [5.74, 6) is -0.0498. The summed E-state index contributed by atoms with van der Waals surface area (Å²) in [5, 5.41) is 6.08. The van der Waals surface area contributed by atoms with Crippen molar-refractivity contribution in [1.29, 1.82) is 0 Å². The molecular weight excluding hydrogens is 282 g/mol. The van der Waals surface area contributed by atoms with E-state index >= 15 is 0 Å². The summed E-state index contributed by atoms with van der Waals surface area (Å²) < 4.78 is 5.22. The lowest BCUT2D eigenvalue weighted by Gasteiger charge is -2.26. The molecule has 2 heterocycles. The summed E-state index contributed by atoms with van der Waals surface area (Å²) >= 11 is 0. The smallest absolute Gasteiger partial charge is 0.251 e. The van der Waals surface area contributed by atoms with Gasteiger partial charge in [0.2, 0.25) is 5.91 Å². The number of fused-ring (bicyclic) bond motifs is 1. The van der Waals surface area contributed by atoms with Gasteiger partial charge in [0.15, 0.2) is 0 Å². The van der Waals surface area contributed by atoms with Crippen LogP contribution in [-0.4, -0.2) is 49.6 Å². The average molecular weight is 303 g/mol. The number of ether oxygens (including phenoxy) is 1. The highest BCUT2D eigenvalue weighted by Gasteiger charge is 2.17. The molecule has 1 aromatic carbocycles. The molecule has 2 amide bonds. The number of hydrogen-bond acceptors (Lipinski definition) is 4. The third kappa shape index (κ3) is 3.45. The van der Waals surface area contributed by atoms with Crippen molar-refractivity contribution in [3.63, 3.8) is 0 Å². The van der Waals surface area contributed by atoms with Crippen LogP contribution >= 0.6 is 0 Å². The fourth-order valence-corrected chi connectivity index (χ4v) is 2.79. The van der Waals surface area contributed by atoms with Crippen molar-refractivity contribution >= 4 is 11.8 Å². The van der Waals surface area contributed by atoms with E-state index in [1.165, 1.54) is 11.1 Å². The standard InChI is InChI=1S/C16H21N3O3/c20-15(19-5-7-22-8-6-19)3-4-18-16(21)12-1-2-13-10-17-11-14(13)9-12/h1-2,9,17H,3-8,10-11H2,(H,18,21). The van der Waals surface area contributed by atoms with E-state index in [0.29, 0.717) is 44.8 Å². The first-order chi connectivity index (χ1) is 10.7. The number of benzene rings is 1. The molecule has 0 aromatic heterocycles. The SMILES string of the molecule is O=C(NCCC(=O)N1CCOCC1)c1ccc2c(c1)CNC2. The van der Waals surface area contributed by atoms with Crippen molar-refractivity contribution in [2.75, 3.05) is 32.8 Å². The number of morpholine rings is 1. The van der Waals surface area contributed by atoms with Crippen molar-refractivity contribution in [2.24, 2.45) is 0 Å². The normalized spacial score (nSPS) is 17.2. The largest absolute Gasteiger partial charge is 0.378 e. The maximum absolute atomic E-state index is 12.1. The van der Waals surface area contributed by atoms with Gasteiger partial charge in [0, 0.05) is 44.7 Å². The molecule has 1 saturated heterocycles. The minimum absolute atomic E-state index is 0.0711. The van der Waals surface area contributed by atoms with Gasteiger partial charge in [-0.05, 0) is 23.3 Å². The molecule has 22 heavy (non-hydrogen) atoms. The topological polar surface area (TPSA) is 70.7 Å². The monoisotopic (exact) mass is 303 g/mol. The number of amides is 2. The second-order valence-corrected chi connectivity index (χ2v) is 5.59. The van der Waals surface area contributed by atoms with Gasteiger partial charge in [-0.2, -0.15) is 0 Å². The number of nitrogens with zero attached hydrogens (tertiary/aromatic N) is 1. The first-order valence-corrected chi connectivity index (χ1v) is 7.70. The highest BCUT2D eigenvalue weighted by Crippen LogP contribution is 2.16. The van der Waals surface area contributed by atoms with Crippen LogP contribution in [0.3, 0.4) is 0 Å². The quantitative estimate of drug-likeness (QED) is 0.837. The Morgan fingerprint density at radius 3 is 2.77 bits per heavy atom. The second-order valence-electron chi connectivity index (χ2n) is 5.59. The van der Waals surface area contributed by atoms with E-state index in [-0.39, 0.29) is 11.8 Å². The summed E-state index contributed by atoms with van der Waals surface area (Å²) in [4.78, 5) is 25.9. The fraction of sp³-hybridized carbons (Fsp3) is 0.500. The Morgan fingerprint density at radius 1 is 1.18 bits per heavy atom. The van der Waals surface area contributed by atoms with Crippen molar-refractivity contribution in [3.8, 4) is 0 Å². The van der Waals surface area contributed by atoms with Crippen molar-refractivity contribution in [2.45, 2.75) is 19.5 Å². The van der Waals surface area contributed by atoms with Crippen LogP contribution in [0.15, 0.2) is 18.2 Å². The lowest BCUT2D eigenvalue weighted by atomic mass is 10.1. The predicted octanol–water partition coefficient (Wildman–Crippen LogP) is 0.269. The number of nitrogens with one attached hydrogen (secondary N) is 2. The first-order valence-electron chi connectivity index (χ1n) is 7.70. The lowest BCUT2D eigenvalue weighted by molar-refractivity contribution is -0.135. The molecule has 1 aromatic rings. The van der Waals surface area contributed by atoms with Crippen molar-refractivity contribution in [1.82, 2.24) is 15.5 Å². The molecule has 6 heteroatoms. The van der Waals surface area contributed by atoms with Gasteiger partial charge in [-0.1, -0.05) is 6.07 Å². The van der Waals surface area contributed by atoms with E-state index in [4.69, 9.17) is 4.74 Å². The highest BCUT2D eigenvalue weighted by atomic mass is 16.5. The zero-order valence-electron chi connectivity index (χ0n) is 12.6. The summed E-state index contributed by atoms with van der Waals surface area (Å²) in [6.07, 6.45) is 0.332. The third-order valence-electron chi connectivity index (χ3n) is 4.09. The molecule has 2 aliphatic rings. The molecule has 6 nitrogen and oxygen atoms in total. The summed E-state index contributed by atoms with van der Waals surface area (Å²) in [7, 11) is 0. The van der Waals surface area contributed by atoms with Crippen LogP contribution in [0.5, 0.6) is 0 Å². The number of hydrogen-bond donors (Lipinski definition) is 2. The Hall–Kier alpha value is -1.92. The van der Waals surface area contributed by atoms with Crippen LogP contribution in [0.4, 0.5) is 0 Å². The minimum Gasteiger partial charge on any atom is -0.378 e. The van der Waals surface area contributed by atoms with Gasteiger partial charge in [-0.3, -0.25) is 9.59 Å².